The van der Waals surface area contributed by atoms with Gasteiger partial charge in [-0.05, 0) is 31.6 Å². The fourth-order valence-electron chi connectivity index (χ4n) is 2.95. The van der Waals surface area contributed by atoms with E-state index >= 15 is 0 Å². The van der Waals surface area contributed by atoms with Crippen LogP contribution in [0.2, 0.25) is 0 Å². The molecule has 4 heteroatoms. The molecule has 0 amide bonds. The zero-order valence-electron chi connectivity index (χ0n) is 13.9. The molecule has 118 valence electrons. The summed E-state index contributed by atoms with van der Waals surface area (Å²) >= 11 is 0. The van der Waals surface area contributed by atoms with Crippen LogP contribution in [-0.4, -0.2) is 29.6 Å². The predicted octanol–water partition coefficient (Wildman–Crippen LogP) is 3.88. The summed E-state index contributed by atoms with van der Waals surface area (Å²) in [6.07, 6.45) is 7.24. The zero-order chi connectivity index (χ0) is 15.1. The molecule has 1 fully saturated rings. The molecule has 1 aromatic heterocycles. The van der Waals surface area contributed by atoms with Gasteiger partial charge in [-0.15, -0.1) is 0 Å². The molecule has 1 aliphatic rings. The van der Waals surface area contributed by atoms with Crippen molar-refractivity contribution in [2.45, 2.75) is 59.3 Å². The number of aromatic nitrogens is 2. The smallest absolute Gasteiger partial charge is 0.134 e. The summed E-state index contributed by atoms with van der Waals surface area (Å²) in [5.41, 5.74) is 0. The predicted molar refractivity (Wildman–Crippen MR) is 90.0 cm³/mol. The van der Waals surface area contributed by atoms with Gasteiger partial charge in [0, 0.05) is 32.1 Å². The normalized spacial score (nSPS) is 19.4. The summed E-state index contributed by atoms with van der Waals surface area (Å²) in [7, 11) is 0. The maximum atomic E-state index is 4.75. The van der Waals surface area contributed by atoms with Crippen LogP contribution in [0.5, 0.6) is 0 Å². The van der Waals surface area contributed by atoms with Gasteiger partial charge in [0.25, 0.3) is 0 Å². The van der Waals surface area contributed by atoms with Crippen LogP contribution in [0.25, 0.3) is 0 Å². The Labute approximate surface area is 129 Å². The number of hydrogen-bond donors (Lipinski definition) is 1. The van der Waals surface area contributed by atoms with Gasteiger partial charge < -0.3 is 10.2 Å². The van der Waals surface area contributed by atoms with Crippen LogP contribution in [0.15, 0.2) is 6.07 Å². The van der Waals surface area contributed by atoms with Crippen LogP contribution in [0.3, 0.4) is 0 Å². The van der Waals surface area contributed by atoms with Crippen LogP contribution in [0.1, 0.15) is 58.7 Å². The lowest BCUT2D eigenvalue weighted by Gasteiger charge is -2.23. The number of hydrogen-bond acceptors (Lipinski definition) is 4. The largest absolute Gasteiger partial charge is 0.370 e. The number of rotatable bonds is 6. The van der Waals surface area contributed by atoms with Crippen molar-refractivity contribution in [2.75, 3.05) is 29.9 Å². The third-order valence-corrected chi connectivity index (χ3v) is 4.38. The van der Waals surface area contributed by atoms with E-state index in [2.05, 4.69) is 42.0 Å². The van der Waals surface area contributed by atoms with E-state index in [1.165, 1.54) is 25.7 Å². The minimum atomic E-state index is 0.889. The first-order chi connectivity index (χ1) is 10.3. The first-order valence-corrected chi connectivity index (χ1v) is 8.63. The Morgan fingerprint density at radius 3 is 2.76 bits per heavy atom. The zero-order valence-corrected chi connectivity index (χ0v) is 13.9. The van der Waals surface area contributed by atoms with Crippen molar-refractivity contribution in [2.24, 2.45) is 5.92 Å². The van der Waals surface area contributed by atoms with Gasteiger partial charge in [0.15, 0.2) is 0 Å². The van der Waals surface area contributed by atoms with Crippen molar-refractivity contribution in [1.29, 1.82) is 0 Å². The molecule has 1 aromatic rings. The van der Waals surface area contributed by atoms with Gasteiger partial charge in [0.05, 0.1) is 0 Å². The van der Waals surface area contributed by atoms with Gasteiger partial charge in [-0.3, -0.25) is 0 Å². The highest BCUT2D eigenvalue weighted by molar-refractivity contribution is 5.49. The maximum Gasteiger partial charge on any atom is 0.134 e. The Morgan fingerprint density at radius 2 is 2.05 bits per heavy atom. The molecular formula is C17H30N4. The van der Waals surface area contributed by atoms with E-state index in [1.807, 2.05) is 0 Å². The van der Waals surface area contributed by atoms with Crippen molar-refractivity contribution in [1.82, 2.24) is 9.97 Å². The molecule has 0 radical (unpaired) electrons. The van der Waals surface area contributed by atoms with E-state index in [0.29, 0.717) is 0 Å². The monoisotopic (exact) mass is 290 g/mol. The second kappa shape index (κ2) is 8.20. The minimum absolute atomic E-state index is 0.889. The molecule has 0 bridgehead atoms. The third-order valence-electron chi connectivity index (χ3n) is 4.38. The second-order valence-electron chi connectivity index (χ2n) is 6.00. The number of nitrogens with one attached hydrogen (secondary N) is 1. The molecule has 0 aliphatic carbocycles. The Hall–Kier alpha value is -1.32. The Balaban J connectivity index is 2.13. The lowest BCUT2D eigenvalue weighted by Crippen LogP contribution is -2.26. The summed E-state index contributed by atoms with van der Waals surface area (Å²) in [6.45, 7) is 9.84. The highest BCUT2D eigenvalue weighted by atomic mass is 15.2. The standard InChI is InChI=1S/C17H30N4/c1-4-10-18-16-13-17(20-15(6-3)19-16)21-11-7-8-14(5-2)9-12-21/h13-14H,4-12H2,1-3H3,(H,18,19,20). The molecule has 21 heavy (non-hydrogen) atoms. The average Bonchev–Trinajstić information content (AvgIpc) is 2.78. The molecule has 0 aromatic carbocycles. The van der Waals surface area contributed by atoms with Gasteiger partial charge >= 0.3 is 0 Å². The number of aryl methyl sites for hydroxylation is 1. The molecule has 2 heterocycles. The van der Waals surface area contributed by atoms with Crippen molar-refractivity contribution >= 4 is 11.6 Å². The molecular weight excluding hydrogens is 260 g/mol. The SMILES string of the molecule is CCCNc1cc(N2CCCC(CC)CC2)nc(CC)n1. The lowest BCUT2D eigenvalue weighted by atomic mass is 9.98. The quantitative estimate of drug-likeness (QED) is 0.863. The number of nitrogens with zero attached hydrogens (tertiary/aromatic N) is 3. The van der Waals surface area contributed by atoms with Crippen LogP contribution < -0.4 is 10.2 Å². The lowest BCUT2D eigenvalue weighted by molar-refractivity contribution is 0.459. The summed E-state index contributed by atoms with van der Waals surface area (Å²) in [5.74, 6) is 3.93. The Bertz CT molecular complexity index is 433. The van der Waals surface area contributed by atoms with Crippen molar-refractivity contribution in [3.05, 3.63) is 11.9 Å². The van der Waals surface area contributed by atoms with Gasteiger partial charge in [-0.25, -0.2) is 9.97 Å². The van der Waals surface area contributed by atoms with E-state index in [1.54, 1.807) is 0 Å². The highest BCUT2D eigenvalue weighted by Gasteiger charge is 2.17. The van der Waals surface area contributed by atoms with Crippen LogP contribution in [0.4, 0.5) is 11.6 Å². The van der Waals surface area contributed by atoms with Gasteiger partial charge in [0.1, 0.15) is 17.5 Å². The summed E-state index contributed by atoms with van der Waals surface area (Å²) in [4.78, 5) is 11.8. The van der Waals surface area contributed by atoms with E-state index in [-0.39, 0.29) is 0 Å². The molecule has 1 aliphatic heterocycles. The molecule has 1 atom stereocenters. The first-order valence-electron chi connectivity index (χ1n) is 8.63. The first kappa shape index (κ1) is 16.1. The Morgan fingerprint density at radius 1 is 1.19 bits per heavy atom. The molecule has 2 rings (SSSR count). The van der Waals surface area contributed by atoms with Crippen molar-refractivity contribution in [3.63, 3.8) is 0 Å². The van der Waals surface area contributed by atoms with Crippen molar-refractivity contribution in [3.8, 4) is 0 Å². The molecule has 1 N–H and O–H groups in total. The van der Waals surface area contributed by atoms with Crippen LogP contribution in [-0.2, 0) is 6.42 Å². The summed E-state index contributed by atoms with van der Waals surface area (Å²) in [6, 6.07) is 2.13. The van der Waals surface area contributed by atoms with E-state index in [9.17, 15) is 0 Å². The van der Waals surface area contributed by atoms with E-state index < -0.39 is 0 Å². The highest BCUT2D eigenvalue weighted by Crippen LogP contribution is 2.24. The molecule has 0 saturated carbocycles. The van der Waals surface area contributed by atoms with E-state index in [0.717, 1.165) is 55.9 Å². The second-order valence-corrected chi connectivity index (χ2v) is 6.00. The van der Waals surface area contributed by atoms with E-state index in [4.69, 9.17) is 4.98 Å². The van der Waals surface area contributed by atoms with Crippen molar-refractivity contribution < 1.29 is 0 Å². The average molecular weight is 290 g/mol. The molecule has 4 nitrogen and oxygen atoms in total. The molecule has 1 unspecified atom stereocenters. The topological polar surface area (TPSA) is 41.0 Å². The van der Waals surface area contributed by atoms with Crippen LogP contribution in [0, 0.1) is 5.92 Å². The fraction of sp³-hybridized carbons (Fsp3) is 0.765. The van der Waals surface area contributed by atoms with Gasteiger partial charge in [0.2, 0.25) is 0 Å². The minimum Gasteiger partial charge on any atom is -0.370 e. The maximum absolute atomic E-state index is 4.75. The third kappa shape index (κ3) is 4.58. The molecule has 1 saturated heterocycles. The fourth-order valence-corrected chi connectivity index (χ4v) is 2.95. The number of anilines is 2. The Kier molecular flexibility index (Phi) is 6.27. The van der Waals surface area contributed by atoms with Gasteiger partial charge in [-0.1, -0.05) is 27.2 Å². The van der Waals surface area contributed by atoms with Gasteiger partial charge in [-0.2, -0.15) is 0 Å². The molecule has 0 spiro atoms. The summed E-state index contributed by atoms with van der Waals surface area (Å²) < 4.78 is 0. The van der Waals surface area contributed by atoms with Crippen LogP contribution >= 0.6 is 0 Å². The summed E-state index contributed by atoms with van der Waals surface area (Å²) in [5, 5.41) is 3.41.